The Balaban J connectivity index is 1.21. The molecule has 4 heterocycles. The van der Waals surface area contributed by atoms with Crippen molar-refractivity contribution in [3.8, 4) is 6.07 Å². The number of fused-ring (bicyclic) bond motifs is 5. The predicted octanol–water partition coefficient (Wildman–Crippen LogP) is 3.24. The van der Waals surface area contributed by atoms with Crippen LogP contribution in [0.4, 0.5) is 28.4 Å². The van der Waals surface area contributed by atoms with E-state index in [0.717, 1.165) is 17.0 Å². The Morgan fingerprint density at radius 2 is 1.56 bits per heavy atom. The van der Waals surface area contributed by atoms with Crippen molar-refractivity contribution in [3.05, 3.63) is 29.3 Å². The number of imide groups is 1. The van der Waals surface area contributed by atoms with Gasteiger partial charge in [-0.15, -0.1) is 0 Å². The Morgan fingerprint density at radius 3 is 2.07 bits per heavy atom. The molecule has 4 fully saturated rings. The normalized spacial score (nSPS) is 28.6. The van der Waals surface area contributed by atoms with Crippen LogP contribution < -0.4 is 4.90 Å². The lowest BCUT2D eigenvalue weighted by atomic mass is 9.79. The quantitative estimate of drug-likeness (QED) is 0.458. The molecule has 15 heteroatoms. The summed E-state index contributed by atoms with van der Waals surface area (Å²) in [5, 5.41) is 9.12. The lowest BCUT2D eigenvalue weighted by Gasteiger charge is -2.44. The van der Waals surface area contributed by atoms with Gasteiger partial charge >= 0.3 is 18.4 Å². The molecule has 2 bridgehead atoms. The first-order valence-corrected chi connectivity index (χ1v) is 14.7. The Bertz CT molecular complexity index is 1410. The average Bonchev–Trinajstić information content (AvgIpc) is 3.31. The molecule has 12 nitrogen and oxygen atoms in total. The first-order chi connectivity index (χ1) is 20.9. The van der Waals surface area contributed by atoms with Crippen LogP contribution >= 0.6 is 0 Å². The van der Waals surface area contributed by atoms with Crippen molar-refractivity contribution in [3.63, 3.8) is 0 Å². The third-order valence-electron chi connectivity index (χ3n) is 8.70. The van der Waals surface area contributed by atoms with Crippen LogP contribution in [-0.4, -0.2) is 108 Å². The Morgan fingerprint density at radius 1 is 0.978 bits per heavy atom. The van der Waals surface area contributed by atoms with E-state index in [1.807, 2.05) is 0 Å². The molecule has 244 valence electrons. The molecule has 0 aromatic heterocycles. The van der Waals surface area contributed by atoms with Gasteiger partial charge in [-0.3, -0.25) is 14.5 Å². The molecule has 0 N–H and O–H groups in total. The Kier molecular flexibility index (Phi) is 8.06. The number of anilines is 1. The van der Waals surface area contributed by atoms with Crippen LogP contribution in [0.25, 0.3) is 0 Å². The zero-order valence-electron chi connectivity index (χ0n) is 25.8. The van der Waals surface area contributed by atoms with Gasteiger partial charge in [0.05, 0.1) is 59.0 Å². The van der Waals surface area contributed by atoms with E-state index in [4.69, 9.17) is 19.5 Å². The van der Waals surface area contributed by atoms with Gasteiger partial charge in [0.15, 0.2) is 0 Å². The van der Waals surface area contributed by atoms with E-state index in [1.165, 1.54) is 11.0 Å². The van der Waals surface area contributed by atoms with Gasteiger partial charge in [-0.1, -0.05) is 0 Å². The lowest BCUT2D eigenvalue weighted by molar-refractivity contribution is -0.164. The molecule has 4 amide bonds. The highest BCUT2D eigenvalue weighted by Gasteiger charge is 2.72. The largest absolute Gasteiger partial charge is 0.448 e. The average molecular weight is 636 g/mol. The zero-order chi connectivity index (χ0) is 33.1. The first-order valence-electron chi connectivity index (χ1n) is 14.7. The number of amides is 4. The fourth-order valence-corrected chi connectivity index (χ4v) is 6.85. The van der Waals surface area contributed by atoms with Gasteiger partial charge in [-0.2, -0.15) is 18.4 Å². The van der Waals surface area contributed by atoms with Crippen molar-refractivity contribution in [2.24, 2.45) is 11.8 Å². The molecule has 5 rings (SSSR count). The summed E-state index contributed by atoms with van der Waals surface area (Å²) in [7, 11) is 0. The van der Waals surface area contributed by atoms with Crippen LogP contribution in [-0.2, 0) is 30.0 Å². The van der Waals surface area contributed by atoms with E-state index in [9.17, 15) is 32.3 Å². The predicted molar refractivity (Wildman–Crippen MR) is 151 cm³/mol. The number of benzene rings is 1. The fraction of sp³-hybridized carbons (Fsp3) is 0.633. The number of carbonyl (C=O) groups excluding carboxylic acids is 4. The van der Waals surface area contributed by atoms with Crippen LogP contribution in [0.1, 0.15) is 45.7 Å². The van der Waals surface area contributed by atoms with Gasteiger partial charge in [0.1, 0.15) is 12.2 Å². The summed E-state index contributed by atoms with van der Waals surface area (Å²) in [6.45, 7) is 11.1. The Hall–Kier alpha value is -3.90. The molecule has 1 aromatic carbocycles. The number of morpholine rings is 1. The zero-order valence-corrected chi connectivity index (χ0v) is 25.8. The van der Waals surface area contributed by atoms with Crippen LogP contribution in [0, 0.1) is 23.2 Å². The summed E-state index contributed by atoms with van der Waals surface area (Å²) < 4.78 is 58.0. The molecule has 0 aliphatic carbocycles. The van der Waals surface area contributed by atoms with E-state index in [1.54, 1.807) is 39.5 Å². The molecule has 4 saturated heterocycles. The number of likely N-dealkylation sites (tertiary alicyclic amines) is 1. The molecule has 4 unspecified atom stereocenters. The van der Waals surface area contributed by atoms with Gasteiger partial charge in [0.2, 0.25) is 11.8 Å². The molecular weight excluding hydrogens is 599 g/mol. The Labute approximate surface area is 258 Å². The topological polar surface area (TPSA) is 133 Å². The van der Waals surface area contributed by atoms with Gasteiger partial charge in [0.25, 0.3) is 0 Å². The summed E-state index contributed by atoms with van der Waals surface area (Å²) in [5.74, 6) is -3.54. The highest BCUT2D eigenvalue weighted by atomic mass is 19.4. The number of hydrogen-bond acceptors (Lipinski definition) is 9. The summed E-state index contributed by atoms with van der Waals surface area (Å²) >= 11 is 0. The summed E-state index contributed by atoms with van der Waals surface area (Å²) in [6.07, 6.45) is -5.87. The number of ether oxygens (including phenoxy) is 3. The van der Waals surface area contributed by atoms with Crippen LogP contribution in [0.3, 0.4) is 0 Å². The molecule has 0 radical (unpaired) electrons. The van der Waals surface area contributed by atoms with Gasteiger partial charge in [0, 0.05) is 32.7 Å². The van der Waals surface area contributed by atoms with E-state index in [0.29, 0.717) is 38.8 Å². The van der Waals surface area contributed by atoms with Crippen LogP contribution in [0.5, 0.6) is 0 Å². The molecule has 4 aliphatic heterocycles. The van der Waals surface area contributed by atoms with Crippen molar-refractivity contribution < 1.29 is 46.6 Å². The number of nitrogens with zero attached hydrogens (tertiary/aromatic N) is 5. The van der Waals surface area contributed by atoms with Crippen molar-refractivity contribution in [1.29, 1.82) is 5.26 Å². The molecule has 0 saturated carbocycles. The minimum atomic E-state index is -4.87. The maximum Gasteiger partial charge on any atom is 0.417 e. The maximum absolute atomic E-state index is 13.7. The first kappa shape index (κ1) is 32.5. The number of hydrogen-bond donors (Lipinski definition) is 0. The van der Waals surface area contributed by atoms with Crippen LogP contribution in [0.15, 0.2) is 18.2 Å². The number of halogens is 3. The minimum Gasteiger partial charge on any atom is -0.448 e. The molecular formula is C30H36F3N5O7. The summed E-state index contributed by atoms with van der Waals surface area (Å²) in [4.78, 5) is 58.6. The monoisotopic (exact) mass is 635 g/mol. The number of nitriles is 1. The lowest BCUT2D eigenvalue weighted by Crippen LogP contribution is -2.59. The molecule has 0 spiro atoms. The molecule has 4 aliphatic rings. The second kappa shape index (κ2) is 11.2. The smallest absolute Gasteiger partial charge is 0.417 e. The van der Waals surface area contributed by atoms with Gasteiger partial charge in [-0.25, -0.2) is 14.5 Å². The second-order valence-electron chi connectivity index (χ2n) is 13.3. The fourth-order valence-electron chi connectivity index (χ4n) is 6.85. The number of rotatable bonds is 4. The number of carbonyl (C=O) groups is 4. The highest BCUT2D eigenvalue weighted by molar-refractivity contribution is 6.23. The van der Waals surface area contributed by atoms with E-state index in [2.05, 4.69) is 4.90 Å². The SMILES string of the molecule is CC(C)(C)OC(=O)N1CCN(CCOC(=O)N2CC3(C)OC(C)(C2)C2C(=O)N(c4ccc(C#N)c(C(F)(F)F)c4)C(=O)C23)CC1. The van der Waals surface area contributed by atoms with Gasteiger partial charge in [-0.05, 0) is 52.8 Å². The third kappa shape index (κ3) is 6.05. The maximum atomic E-state index is 13.7. The van der Waals surface area contributed by atoms with E-state index >= 15 is 0 Å². The number of piperazine rings is 1. The van der Waals surface area contributed by atoms with Crippen molar-refractivity contribution >= 4 is 29.7 Å². The third-order valence-corrected chi connectivity index (χ3v) is 8.70. The van der Waals surface area contributed by atoms with Crippen molar-refractivity contribution in [1.82, 2.24) is 14.7 Å². The van der Waals surface area contributed by atoms with Crippen molar-refractivity contribution in [2.75, 3.05) is 57.3 Å². The summed E-state index contributed by atoms with van der Waals surface area (Å²) in [6, 6.07) is 4.21. The number of alkyl halides is 3. The van der Waals surface area contributed by atoms with E-state index in [-0.39, 0.29) is 31.5 Å². The van der Waals surface area contributed by atoms with Gasteiger partial charge < -0.3 is 24.0 Å². The van der Waals surface area contributed by atoms with Crippen molar-refractivity contribution in [2.45, 2.75) is 57.6 Å². The second-order valence-corrected chi connectivity index (χ2v) is 13.3. The van der Waals surface area contributed by atoms with Crippen LogP contribution in [0.2, 0.25) is 0 Å². The molecule has 45 heavy (non-hydrogen) atoms. The minimum absolute atomic E-state index is 0.0643. The summed E-state index contributed by atoms with van der Waals surface area (Å²) in [5.41, 5.74) is -5.32. The highest BCUT2D eigenvalue weighted by Crippen LogP contribution is 2.55. The van der Waals surface area contributed by atoms with E-state index < -0.39 is 63.8 Å². The molecule has 1 aromatic rings. The standard InChI is InChI=1S/C30H36F3N5O7/c1-27(2,3)44-26(42)36-10-8-35(9-11-36)12-13-43-25(41)37-16-28(4)21-22(29(5,17-37)45-28)24(40)38(23(21)39)19-7-6-18(15-34)20(14-19)30(31,32)33/h6-7,14,21-22H,8-13,16-17H2,1-5H3. The molecule has 4 atom stereocenters.